The zero-order chi connectivity index (χ0) is 19.3. The standard InChI is InChI=1S/C22H23FN2O3/c23-17-8-6-16(7-9-17)21-22(20(26)18-4-1-2-5-19(18)28-21)27-15-3-12-25-13-10-24-11-14-25/h1-2,4-9,24H,3,10-15H2. The van der Waals surface area contributed by atoms with Crippen molar-refractivity contribution < 1.29 is 13.5 Å². The highest BCUT2D eigenvalue weighted by molar-refractivity contribution is 5.81. The molecule has 1 aromatic heterocycles. The van der Waals surface area contributed by atoms with E-state index in [-0.39, 0.29) is 17.0 Å². The van der Waals surface area contributed by atoms with Crippen LogP contribution in [0.2, 0.25) is 0 Å². The van der Waals surface area contributed by atoms with Gasteiger partial charge in [-0.15, -0.1) is 0 Å². The fourth-order valence-electron chi connectivity index (χ4n) is 3.44. The van der Waals surface area contributed by atoms with Crippen molar-refractivity contribution in [2.75, 3.05) is 39.3 Å². The highest BCUT2D eigenvalue weighted by Crippen LogP contribution is 2.31. The highest BCUT2D eigenvalue weighted by atomic mass is 19.1. The first-order valence-electron chi connectivity index (χ1n) is 9.60. The smallest absolute Gasteiger partial charge is 0.235 e. The summed E-state index contributed by atoms with van der Waals surface area (Å²) in [7, 11) is 0. The van der Waals surface area contributed by atoms with Crippen molar-refractivity contribution in [3.63, 3.8) is 0 Å². The molecule has 0 bridgehead atoms. The maximum Gasteiger partial charge on any atom is 0.235 e. The number of hydrogen-bond acceptors (Lipinski definition) is 5. The van der Waals surface area contributed by atoms with Gasteiger partial charge in [0.2, 0.25) is 11.2 Å². The van der Waals surface area contributed by atoms with Gasteiger partial charge in [-0.2, -0.15) is 0 Å². The molecule has 1 aliphatic heterocycles. The number of para-hydroxylation sites is 1. The lowest BCUT2D eigenvalue weighted by atomic mass is 10.1. The minimum absolute atomic E-state index is 0.186. The summed E-state index contributed by atoms with van der Waals surface area (Å²) in [5, 5.41) is 3.81. The molecule has 0 radical (unpaired) electrons. The predicted octanol–water partition coefficient (Wildman–Crippen LogP) is 3.27. The Labute approximate surface area is 162 Å². The minimum Gasteiger partial charge on any atom is -0.486 e. The first kappa shape index (κ1) is 18.7. The SMILES string of the molecule is O=c1c(OCCCN2CCNCC2)c(-c2ccc(F)cc2)oc2ccccc12. The van der Waals surface area contributed by atoms with E-state index in [0.717, 1.165) is 39.1 Å². The monoisotopic (exact) mass is 382 g/mol. The van der Waals surface area contributed by atoms with Gasteiger partial charge < -0.3 is 19.4 Å². The van der Waals surface area contributed by atoms with E-state index in [4.69, 9.17) is 9.15 Å². The molecule has 1 N–H and O–H groups in total. The Balaban J connectivity index is 1.59. The average Bonchev–Trinajstić information content (AvgIpc) is 2.74. The van der Waals surface area contributed by atoms with E-state index in [0.29, 0.717) is 28.9 Å². The molecule has 2 heterocycles. The van der Waals surface area contributed by atoms with Crippen LogP contribution in [-0.4, -0.2) is 44.2 Å². The van der Waals surface area contributed by atoms with Gasteiger partial charge in [-0.05, 0) is 42.8 Å². The van der Waals surface area contributed by atoms with Crippen molar-refractivity contribution in [2.45, 2.75) is 6.42 Å². The number of fused-ring (bicyclic) bond motifs is 1. The molecule has 4 rings (SSSR count). The number of nitrogens with one attached hydrogen (secondary N) is 1. The molecule has 0 saturated carbocycles. The van der Waals surface area contributed by atoms with Gasteiger partial charge in [-0.25, -0.2) is 4.39 Å². The molecule has 1 aliphatic rings. The number of piperazine rings is 1. The second-order valence-electron chi connectivity index (χ2n) is 6.89. The summed E-state index contributed by atoms with van der Waals surface area (Å²) in [5.41, 5.74) is 0.893. The van der Waals surface area contributed by atoms with Crippen molar-refractivity contribution in [3.8, 4) is 17.1 Å². The van der Waals surface area contributed by atoms with Crippen LogP contribution in [0.4, 0.5) is 4.39 Å². The zero-order valence-electron chi connectivity index (χ0n) is 15.6. The fraction of sp³-hybridized carbons (Fsp3) is 0.318. The van der Waals surface area contributed by atoms with Crippen LogP contribution in [0.15, 0.2) is 57.7 Å². The summed E-state index contributed by atoms with van der Waals surface area (Å²) in [6.07, 6.45) is 0.815. The lowest BCUT2D eigenvalue weighted by molar-refractivity contribution is 0.212. The molecular weight excluding hydrogens is 359 g/mol. The van der Waals surface area contributed by atoms with Crippen LogP contribution in [0.3, 0.4) is 0 Å². The Morgan fingerprint density at radius 3 is 2.61 bits per heavy atom. The van der Waals surface area contributed by atoms with E-state index in [9.17, 15) is 9.18 Å². The third kappa shape index (κ3) is 4.08. The number of rotatable bonds is 6. The molecule has 2 aromatic carbocycles. The molecular formula is C22H23FN2O3. The predicted molar refractivity (Wildman–Crippen MR) is 107 cm³/mol. The second kappa shape index (κ2) is 8.54. The van der Waals surface area contributed by atoms with Crippen LogP contribution >= 0.6 is 0 Å². The number of halogens is 1. The van der Waals surface area contributed by atoms with E-state index in [2.05, 4.69) is 10.2 Å². The van der Waals surface area contributed by atoms with Crippen molar-refractivity contribution in [1.29, 1.82) is 0 Å². The first-order valence-corrected chi connectivity index (χ1v) is 9.60. The molecule has 6 heteroatoms. The summed E-state index contributed by atoms with van der Waals surface area (Å²) in [6.45, 7) is 5.40. The number of ether oxygens (including phenoxy) is 1. The molecule has 3 aromatic rings. The summed E-state index contributed by atoms with van der Waals surface area (Å²) < 4.78 is 25.2. The van der Waals surface area contributed by atoms with Gasteiger partial charge in [-0.1, -0.05) is 12.1 Å². The van der Waals surface area contributed by atoms with E-state index in [1.807, 2.05) is 6.07 Å². The third-order valence-corrected chi connectivity index (χ3v) is 4.94. The van der Waals surface area contributed by atoms with Crippen molar-refractivity contribution in [3.05, 3.63) is 64.6 Å². The van der Waals surface area contributed by atoms with Crippen LogP contribution in [0, 0.1) is 5.82 Å². The molecule has 5 nitrogen and oxygen atoms in total. The van der Waals surface area contributed by atoms with Crippen LogP contribution in [-0.2, 0) is 0 Å². The van der Waals surface area contributed by atoms with Crippen molar-refractivity contribution in [1.82, 2.24) is 10.2 Å². The van der Waals surface area contributed by atoms with Crippen LogP contribution in [0.1, 0.15) is 6.42 Å². The third-order valence-electron chi connectivity index (χ3n) is 4.94. The van der Waals surface area contributed by atoms with Crippen LogP contribution < -0.4 is 15.5 Å². The topological polar surface area (TPSA) is 54.7 Å². The van der Waals surface area contributed by atoms with Gasteiger partial charge in [-0.3, -0.25) is 4.79 Å². The van der Waals surface area contributed by atoms with Crippen molar-refractivity contribution in [2.24, 2.45) is 0 Å². The lowest BCUT2D eigenvalue weighted by Crippen LogP contribution is -2.44. The molecule has 1 saturated heterocycles. The quantitative estimate of drug-likeness (QED) is 0.663. The minimum atomic E-state index is -0.342. The maximum absolute atomic E-state index is 13.3. The number of hydrogen-bond donors (Lipinski definition) is 1. The summed E-state index contributed by atoms with van der Waals surface area (Å²) in [4.78, 5) is 15.4. The molecule has 28 heavy (non-hydrogen) atoms. The first-order chi connectivity index (χ1) is 13.7. The Bertz CT molecular complexity index is 995. The second-order valence-corrected chi connectivity index (χ2v) is 6.89. The van der Waals surface area contributed by atoms with Gasteiger partial charge in [0.15, 0.2) is 5.76 Å². The molecule has 0 atom stereocenters. The van der Waals surface area contributed by atoms with Gasteiger partial charge in [0.25, 0.3) is 0 Å². The maximum atomic E-state index is 13.3. The largest absolute Gasteiger partial charge is 0.486 e. The van der Waals surface area contributed by atoms with Gasteiger partial charge >= 0.3 is 0 Å². The van der Waals surface area contributed by atoms with E-state index >= 15 is 0 Å². The number of benzene rings is 2. The zero-order valence-corrected chi connectivity index (χ0v) is 15.6. The van der Waals surface area contributed by atoms with Gasteiger partial charge in [0.05, 0.1) is 12.0 Å². The average molecular weight is 382 g/mol. The molecule has 146 valence electrons. The lowest BCUT2D eigenvalue weighted by Gasteiger charge is -2.27. The van der Waals surface area contributed by atoms with E-state index < -0.39 is 0 Å². The Kier molecular flexibility index (Phi) is 5.69. The van der Waals surface area contributed by atoms with E-state index in [1.165, 1.54) is 12.1 Å². The van der Waals surface area contributed by atoms with Gasteiger partial charge in [0.1, 0.15) is 11.4 Å². The van der Waals surface area contributed by atoms with Crippen LogP contribution in [0.5, 0.6) is 5.75 Å². The summed E-state index contributed by atoms with van der Waals surface area (Å²) >= 11 is 0. The molecule has 0 unspecified atom stereocenters. The molecule has 0 spiro atoms. The van der Waals surface area contributed by atoms with E-state index in [1.54, 1.807) is 30.3 Å². The summed E-state index contributed by atoms with van der Waals surface area (Å²) in [5.74, 6) is 0.182. The Hall–Kier alpha value is -2.70. The molecule has 0 amide bonds. The molecule has 0 aliphatic carbocycles. The molecule has 1 fully saturated rings. The Morgan fingerprint density at radius 1 is 1.07 bits per heavy atom. The highest BCUT2D eigenvalue weighted by Gasteiger charge is 2.18. The van der Waals surface area contributed by atoms with Crippen LogP contribution in [0.25, 0.3) is 22.3 Å². The summed E-state index contributed by atoms with van der Waals surface area (Å²) in [6, 6.07) is 13.0. The fourth-order valence-corrected chi connectivity index (χ4v) is 3.44. The van der Waals surface area contributed by atoms with Crippen molar-refractivity contribution >= 4 is 11.0 Å². The number of nitrogens with zero attached hydrogens (tertiary/aromatic N) is 1. The Morgan fingerprint density at radius 2 is 1.82 bits per heavy atom. The van der Waals surface area contributed by atoms with Gasteiger partial charge in [0, 0.05) is 38.3 Å². The normalized spacial score (nSPS) is 15.0.